The van der Waals surface area contributed by atoms with Gasteiger partial charge in [-0.1, -0.05) is 22.0 Å². The summed E-state index contributed by atoms with van der Waals surface area (Å²) in [5, 5.41) is 0. The van der Waals surface area contributed by atoms with Gasteiger partial charge in [0.2, 0.25) is 0 Å². The summed E-state index contributed by atoms with van der Waals surface area (Å²) in [6.07, 6.45) is 0. The van der Waals surface area contributed by atoms with Crippen molar-refractivity contribution in [3.05, 3.63) is 49.3 Å². The first-order valence-electron chi connectivity index (χ1n) is 5.71. The van der Waals surface area contributed by atoms with Crippen LogP contribution in [0.3, 0.4) is 0 Å². The molecular weight excluding hydrogens is 454 g/mol. The predicted molar refractivity (Wildman–Crippen MR) is 91.3 cm³/mol. The molecule has 0 bridgehead atoms. The molecule has 0 aliphatic rings. The van der Waals surface area contributed by atoms with Crippen molar-refractivity contribution in [1.29, 1.82) is 0 Å². The van der Waals surface area contributed by atoms with Gasteiger partial charge in [-0.15, -0.1) is 0 Å². The van der Waals surface area contributed by atoms with Gasteiger partial charge in [-0.25, -0.2) is 0 Å². The average molecular weight is 466 g/mol. The van der Waals surface area contributed by atoms with Gasteiger partial charge in [0.05, 0.1) is 16.1 Å². The lowest BCUT2D eigenvalue weighted by molar-refractivity contribution is 0.303. The van der Waals surface area contributed by atoms with Crippen molar-refractivity contribution in [3.63, 3.8) is 0 Å². The largest absolute Gasteiger partial charge is 0.496 e. The fraction of sp³-hybridized carbons (Fsp3) is 0.143. The molecule has 2 aromatic rings. The topological polar surface area (TPSA) is 44.5 Å². The van der Waals surface area contributed by atoms with E-state index in [4.69, 9.17) is 15.2 Å². The highest BCUT2D eigenvalue weighted by molar-refractivity contribution is 9.11. The molecule has 0 amide bonds. The van der Waals surface area contributed by atoms with Crippen molar-refractivity contribution in [2.75, 3.05) is 12.8 Å². The van der Waals surface area contributed by atoms with Crippen LogP contribution in [0, 0.1) is 0 Å². The zero-order valence-corrected chi connectivity index (χ0v) is 15.4. The second-order valence-corrected chi connectivity index (χ2v) is 6.58. The number of nitrogen functional groups attached to an aromatic ring is 1. The van der Waals surface area contributed by atoms with Crippen LogP contribution in [0.1, 0.15) is 5.56 Å². The molecule has 3 nitrogen and oxygen atoms in total. The number of nitrogens with two attached hydrogens (primary N) is 1. The molecule has 2 rings (SSSR count). The van der Waals surface area contributed by atoms with Gasteiger partial charge in [0.15, 0.2) is 0 Å². The van der Waals surface area contributed by atoms with E-state index in [1.165, 1.54) is 0 Å². The number of methoxy groups -OCH3 is 1. The molecule has 0 fully saturated rings. The lowest BCUT2D eigenvalue weighted by Crippen LogP contribution is -2.02. The summed E-state index contributed by atoms with van der Waals surface area (Å²) < 4.78 is 13.6. The van der Waals surface area contributed by atoms with E-state index >= 15 is 0 Å². The highest BCUT2D eigenvalue weighted by atomic mass is 79.9. The average Bonchev–Trinajstić information content (AvgIpc) is 2.41. The fourth-order valence-corrected chi connectivity index (χ4v) is 3.07. The summed E-state index contributed by atoms with van der Waals surface area (Å²) in [6.45, 7) is 0.380. The normalized spacial score (nSPS) is 10.4. The fourth-order valence-electron chi connectivity index (χ4n) is 1.65. The minimum absolute atomic E-state index is 0.380. The smallest absolute Gasteiger partial charge is 0.135 e. The number of hydrogen-bond acceptors (Lipinski definition) is 3. The van der Waals surface area contributed by atoms with E-state index in [1.807, 2.05) is 30.3 Å². The molecule has 2 N–H and O–H groups in total. The predicted octanol–water partition coefficient (Wildman–Crippen LogP) is 5.14. The van der Waals surface area contributed by atoms with Crippen LogP contribution < -0.4 is 15.2 Å². The Morgan fingerprint density at radius 1 is 1.00 bits per heavy atom. The van der Waals surface area contributed by atoms with Crippen LogP contribution in [0.15, 0.2) is 43.7 Å². The molecule has 0 atom stereocenters. The SMILES string of the molecule is COc1cc(Br)c(OCc2c(N)cccc2Br)cc1Br. The maximum atomic E-state index is 5.95. The third kappa shape index (κ3) is 3.48. The van der Waals surface area contributed by atoms with E-state index in [1.54, 1.807) is 7.11 Å². The third-order valence-corrected chi connectivity index (χ3v) is 4.72. The monoisotopic (exact) mass is 463 g/mol. The van der Waals surface area contributed by atoms with E-state index in [2.05, 4.69) is 47.8 Å². The van der Waals surface area contributed by atoms with Crippen molar-refractivity contribution >= 4 is 53.5 Å². The molecule has 0 saturated heterocycles. The lowest BCUT2D eigenvalue weighted by Gasteiger charge is -2.13. The van der Waals surface area contributed by atoms with E-state index in [0.29, 0.717) is 18.0 Å². The summed E-state index contributed by atoms with van der Waals surface area (Å²) in [5.74, 6) is 1.46. The molecule has 106 valence electrons. The Hall–Kier alpha value is -0.720. The van der Waals surface area contributed by atoms with Crippen molar-refractivity contribution in [2.45, 2.75) is 6.61 Å². The van der Waals surface area contributed by atoms with Crippen LogP contribution in [0.5, 0.6) is 11.5 Å². The Morgan fingerprint density at radius 3 is 2.30 bits per heavy atom. The first-order chi connectivity index (χ1) is 9.52. The molecule has 0 aromatic heterocycles. The van der Waals surface area contributed by atoms with E-state index in [0.717, 1.165) is 24.7 Å². The molecule has 0 unspecified atom stereocenters. The van der Waals surface area contributed by atoms with Gasteiger partial charge in [0.1, 0.15) is 18.1 Å². The minimum Gasteiger partial charge on any atom is -0.496 e. The number of rotatable bonds is 4. The number of hydrogen-bond donors (Lipinski definition) is 1. The van der Waals surface area contributed by atoms with Gasteiger partial charge in [-0.05, 0) is 56.1 Å². The first kappa shape index (κ1) is 15.7. The number of benzene rings is 2. The van der Waals surface area contributed by atoms with Gasteiger partial charge in [-0.2, -0.15) is 0 Å². The van der Waals surface area contributed by atoms with Crippen LogP contribution in [-0.2, 0) is 6.61 Å². The van der Waals surface area contributed by atoms with Crippen LogP contribution in [0.2, 0.25) is 0 Å². The van der Waals surface area contributed by atoms with Crippen molar-refractivity contribution in [1.82, 2.24) is 0 Å². The standard InChI is InChI=1S/C14H12Br3NO2/c1-19-13-5-11(17)14(6-10(13)16)20-7-8-9(15)3-2-4-12(8)18/h2-6H,7,18H2,1H3. The van der Waals surface area contributed by atoms with E-state index in [-0.39, 0.29) is 0 Å². The summed E-state index contributed by atoms with van der Waals surface area (Å²) in [6, 6.07) is 9.39. The second kappa shape index (κ2) is 6.83. The highest BCUT2D eigenvalue weighted by Gasteiger charge is 2.10. The molecule has 2 aromatic carbocycles. The third-order valence-electron chi connectivity index (χ3n) is 2.73. The molecule has 0 aliphatic heterocycles. The summed E-state index contributed by atoms with van der Waals surface area (Å²) in [4.78, 5) is 0. The zero-order chi connectivity index (χ0) is 14.7. The summed E-state index contributed by atoms with van der Waals surface area (Å²) in [7, 11) is 1.62. The molecule has 0 saturated carbocycles. The number of ether oxygens (including phenoxy) is 2. The van der Waals surface area contributed by atoms with Crippen LogP contribution in [0.4, 0.5) is 5.69 Å². The van der Waals surface area contributed by atoms with Crippen molar-refractivity contribution in [2.24, 2.45) is 0 Å². The van der Waals surface area contributed by atoms with Gasteiger partial charge in [0.25, 0.3) is 0 Å². The number of halogens is 3. The Morgan fingerprint density at radius 2 is 1.65 bits per heavy atom. The number of anilines is 1. The Labute approximate surface area is 142 Å². The molecule has 0 aliphatic carbocycles. The maximum absolute atomic E-state index is 5.95. The first-order valence-corrected chi connectivity index (χ1v) is 8.09. The minimum atomic E-state index is 0.380. The van der Waals surface area contributed by atoms with Crippen LogP contribution >= 0.6 is 47.8 Å². The molecular formula is C14H12Br3NO2. The molecule has 0 heterocycles. The molecule has 6 heteroatoms. The summed E-state index contributed by atoms with van der Waals surface area (Å²) in [5.41, 5.74) is 7.57. The quantitative estimate of drug-likeness (QED) is 0.635. The maximum Gasteiger partial charge on any atom is 0.135 e. The van der Waals surface area contributed by atoms with Gasteiger partial charge >= 0.3 is 0 Å². The Balaban J connectivity index is 2.21. The van der Waals surface area contributed by atoms with Crippen molar-refractivity contribution in [3.8, 4) is 11.5 Å². The Bertz CT molecular complexity index is 612. The zero-order valence-electron chi connectivity index (χ0n) is 10.6. The van der Waals surface area contributed by atoms with Crippen LogP contribution in [-0.4, -0.2) is 7.11 Å². The van der Waals surface area contributed by atoms with E-state index < -0.39 is 0 Å². The molecule has 20 heavy (non-hydrogen) atoms. The lowest BCUT2D eigenvalue weighted by atomic mass is 10.2. The van der Waals surface area contributed by atoms with Gasteiger partial charge in [-0.3, -0.25) is 0 Å². The molecule has 0 radical (unpaired) electrons. The van der Waals surface area contributed by atoms with Gasteiger partial charge in [0, 0.05) is 15.7 Å². The van der Waals surface area contributed by atoms with Crippen LogP contribution in [0.25, 0.3) is 0 Å². The van der Waals surface area contributed by atoms with E-state index in [9.17, 15) is 0 Å². The van der Waals surface area contributed by atoms with Gasteiger partial charge < -0.3 is 15.2 Å². The molecule has 0 spiro atoms. The second-order valence-electron chi connectivity index (χ2n) is 4.01. The Kier molecular flexibility index (Phi) is 5.35. The van der Waals surface area contributed by atoms with Crippen molar-refractivity contribution < 1.29 is 9.47 Å². The summed E-state index contributed by atoms with van der Waals surface area (Å²) >= 11 is 10.4. The highest BCUT2D eigenvalue weighted by Crippen LogP contribution is 2.36.